The fourth-order valence-electron chi connectivity index (χ4n) is 2.27. The number of rotatable bonds is 7. The number of esters is 1. The average molecular weight is 320 g/mol. The summed E-state index contributed by atoms with van der Waals surface area (Å²) in [5.74, 6) is -0.439. The predicted molar refractivity (Wildman–Crippen MR) is 78.2 cm³/mol. The summed E-state index contributed by atoms with van der Waals surface area (Å²) in [6.45, 7) is 7.17. The van der Waals surface area contributed by atoms with Crippen LogP contribution in [0.5, 0.6) is 0 Å². The van der Waals surface area contributed by atoms with Crippen molar-refractivity contribution in [3.8, 4) is 0 Å². The summed E-state index contributed by atoms with van der Waals surface area (Å²) in [7, 11) is -3.55. The summed E-state index contributed by atoms with van der Waals surface area (Å²) < 4.78 is 28.0. The Morgan fingerprint density at radius 1 is 1.33 bits per heavy atom. The van der Waals surface area contributed by atoms with Crippen LogP contribution in [0.4, 0.5) is 0 Å². The van der Waals surface area contributed by atoms with Crippen LogP contribution in [0, 0.1) is 5.92 Å². The van der Waals surface area contributed by atoms with Gasteiger partial charge in [-0.25, -0.2) is 0 Å². The molecule has 0 bridgehead atoms. The van der Waals surface area contributed by atoms with Crippen LogP contribution in [0.3, 0.4) is 0 Å². The van der Waals surface area contributed by atoms with Gasteiger partial charge in [-0.05, 0) is 39.5 Å². The fraction of sp³-hybridized carbons (Fsp3) is 0.857. The molecule has 0 saturated heterocycles. The Bertz CT molecular complexity index is 412. The smallest absolute Gasteiger partial charge is 0.344 e. The van der Waals surface area contributed by atoms with Gasteiger partial charge in [-0.2, -0.15) is 0 Å². The highest BCUT2D eigenvalue weighted by molar-refractivity contribution is 7.55. The highest BCUT2D eigenvalue weighted by Gasteiger charge is 2.40. The summed E-state index contributed by atoms with van der Waals surface area (Å²) in [4.78, 5) is 23.9. The number of hydrogen-bond acceptors (Lipinski definition) is 6. The van der Waals surface area contributed by atoms with E-state index in [1.165, 1.54) is 6.92 Å². The minimum atomic E-state index is -3.55. The van der Waals surface area contributed by atoms with Gasteiger partial charge < -0.3 is 13.8 Å². The highest BCUT2D eigenvalue weighted by Crippen LogP contribution is 2.53. The predicted octanol–water partition coefficient (Wildman–Crippen LogP) is 2.94. The monoisotopic (exact) mass is 320 g/mol. The van der Waals surface area contributed by atoms with Crippen molar-refractivity contribution in [2.24, 2.45) is 5.92 Å². The van der Waals surface area contributed by atoms with Crippen molar-refractivity contribution in [1.29, 1.82) is 0 Å². The largest absolute Gasteiger partial charge is 0.454 e. The van der Waals surface area contributed by atoms with Crippen molar-refractivity contribution in [2.45, 2.75) is 58.7 Å². The Morgan fingerprint density at radius 2 is 1.90 bits per heavy atom. The maximum absolute atomic E-state index is 12.5. The fourth-order valence-corrected chi connectivity index (χ4v) is 3.83. The van der Waals surface area contributed by atoms with Gasteiger partial charge in [-0.15, -0.1) is 0 Å². The zero-order valence-electron chi connectivity index (χ0n) is 13.2. The molecule has 0 radical (unpaired) electrons. The molecule has 0 aliphatic heterocycles. The second-order valence-electron chi connectivity index (χ2n) is 5.32. The quantitative estimate of drug-likeness (QED) is 0.530. The van der Waals surface area contributed by atoms with Gasteiger partial charge in [0.05, 0.1) is 13.2 Å². The molecule has 7 heteroatoms. The van der Waals surface area contributed by atoms with E-state index in [9.17, 15) is 14.2 Å². The molecule has 0 spiro atoms. The van der Waals surface area contributed by atoms with Crippen LogP contribution in [0.2, 0.25) is 0 Å². The van der Waals surface area contributed by atoms with Gasteiger partial charge in [0, 0.05) is 6.42 Å². The molecule has 1 aliphatic carbocycles. The summed E-state index contributed by atoms with van der Waals surface area (Å²) in [5, 5.41) is 0. The van der Waals surface area contributed by atoms with E-state index >= 15 is 0 Å². The van der Waals surface area contributed by atoms with Crippen LogP contribution in [0.15, 0.2) is 0 Å². The summed E-state index contributed by atoms with van der Waals surface area (Å²) >= 11 is 0. The lowest BCUT2D eigenvalue weighted by Crippen LogP contribution is -2.36. The number of carbonyl (C=O) groups excluding carboxylic acids is 2. The van der Waals surface area contributed by atoms with Crippen LogP contribution in [0.25, 0.3) is 0 Å². The van der Waals surface area contributed by atoms with E-state index in [1.54, 1.807) is 13.8 Å². The van der Waals surface area contributed by atoms with E-state index in [2.05, 4.69) is 0 Å². The third-order valence-corrected chi connectivity index (χ3v) is 5.95. The molecule has 1 rings (SSSR count). The molecule has 0 aromatic rings. The molecule has 1 saturated carbocycles. The third-order valence-electron chi connectivity index (χ3n) is 3.55. The van der Waals surface area contributed by atoms with Crippen molar-refractivity contribution in [3.63, 3.8) is 0 Å². The average Bonchev–Trinajstić information content (AvgIpc) is 2.42. The van der Waals surface area contributed by atoms with E-state index in [-0.39, 0.29) is 19.0 Å². The first-order chi connectivity index (χ1) is 9.84. The Balaban J connectivity index is 2.72. The molecule has 0 heterocycles. The summed E-state index contributed by atoms with van der Waals surface area (Å²) in [6.07, 6.45) is 1.02. The summed E-state index contributed by atoms with van der Waals surface area (Å²) in [6, 6.07) is 0. The second kappa shape index (κ2) is 8.06. The maximum atomic E-state index is 12.5. The van der Waals surface area contributed by atoms with E-state index in [0.717, 1.165) is 6.42 Å². The lowest BCUT2D eigenvalue weighted by atomic mass is 9.88. The molecule has 0 amide bonds. The Morgan fingerprint density at radius 3 is 2.43 bits per heavy atom. The highest BCUT2D eigenvalue weighted by atomic mass is 31.2. The van der Waals surface area contributed by atoms with Crippen LogP contribution >= 0.6 is 7.60 Å². The van der Waals surface area contributed by atoms with Gasteiger partial charge in [0.2, 0.25) is 0 Å². The Hall–Kier alpha value is -0.710. The molecule has 0 N–H and O–H groups in total. The third kappa shape index (κ3) is 4.90. The van der Waals surface area contributed by atoms with Crippen LogP contribution in [-0.2, 0) is 27.9 Å². The summed E-state index contributed by atoms with van der Waals surface area (Å²) in [5.41, 5.74) is -1.04. The van der Waals surface area contributed by atoms with Crippen molar-refractivity contribution < 1.29 is 27.9 Å². The molecule has 0 aromatic heterocycles. The Labute approximate surface area is 126 Å². The van der Waals surface area contributed by atoms with Gasteiger partial charge >= 0.3 is 13.6 Å². The Kier molecular flexibility index (Phi) is 7.04. The number of ketones is 1. The van der Waals surface area contributed by atoms with Crippen molar-refractivity contribution >= 4 is 19.3 Å². The van der Waals surface area contributed by atoms with Crippen LogP contribution < -0.4 is 0 Å². The first-order valence-corrected chi connectivity index (χ1v) is 9.07. The molecular weight excluding hydrogens is 295 g/mol. The molecule has 122 valence electrons. The standard InChI is InChI=1S/C14H25O6P/c1-5-18-21(17,19-6-2)11(4)14(16)20-13-9-10(3)7-8-12(13)15/h10-11,13H,5-9H2,1-4H3/t10-,11?,13-/m1/s1. The van der Waals surface area contributed by atoms with Gasteiger partial charge in [0.1, 0.15) is 0 Å². The first-order valence-electron chi connectivity index (χ1n) is 7.46. The lowest BCUT2D eigenvalue weighted by Gasteiger charge is -2.28. The van der Waals surface area contributed by atoms with Crippen molar-refractivity contribution in [1.82, 2.24) is 0 Å². The minimum Gasteiger partial charge on any atom is -0.454 e. The zero-order valence-corrected chi connectivity index (χ0v) is 14.1. The molecule has 3 atom stereocenters. The number of ether oxygens (including phenoxy) is 1. The minimum absolute atomic E-state index is 0.0729. The molecule has 21 heavy (non-hydrogen) atoms. The van der Waals surface area contributed by atoms with Gasteiger partial charge in [0.15, 0.2) is 17.5 Å². The molecular formula is C14H25O6P. The number of carbonyl (C=O) groups is 2. The van der Waals surface area contributed by atoms with E-state index in [1.807, 2.05) is 6.92 Å². The molecule has 6 nitrogen and oxygen atoms in total. The normalized spacial score (nSPS) is 24.7. The van der Waals surface area contributed by atoms with Crippen LogP contribution in [0.1, 0.15) is 47.0 Å². The first kappa shape index (κ1) is 18.3. The van der Waals surface area contributed by atoms with E-state index in [4.69, 9.17) is 13.8 Å². The molecule has 1 aliphatic rings. The maximum Gasteiger partial charge on any atom is 0.344 e. The SMILES string of the molecule is CCOP(=O)(OCC)C(C)C(=O)O[C@@H]1C[C@H](C)CCC1=O. The van der Waals surface area contributed by atoms with E-state index in [0.29, 0.717) is 18.8 Å². The zero-order chi connectivity index (χ0) is 16.0. The van der Waals surface area contributed by atoms with E-state index < -0.39 is 25.3 Å². The number of Topliss-reactive ketones (excluding diaryl/α,β-unsaturated/α-hetero) is 1. The lowest BCUT2D eigenvalue weighted by molar-refractivity contribution is -0.157. The van der Waals surface area contributed by atoms with Gasteiger partial charge in [0.25, 0.3) is 0 Å². The topological polar surface area (TPSA) is 78.9 Å². The van der Waals surface area contributed by atoms with Crippen molar-refractivity contribution in [2.75, 3.05) is 13.2 Å². The van der Waals surface area contributed by atoms with Gasteiger partial charge in [-0.3, -0.25) is 14.2 Å². The molecule has 0 aromatic carbocycles. The molecule has 1 unspecified atom stereocenters. The van der Waals surface area contributed by atoms with Crippen LogP contribution in [-0.4, -0.2) is 36.7 Å². The van der Waals surface area contributed by atoms with Crippen molar-refractivity contribution in [3.05, 3.63) is 0 Å². The molecule has 1 fully saturated rings. The number of hydrogen-bond donors (Lipinski definition) is 0. The second-order valence-corrected chi connectivity index (χ2v) is 7.69. The van der Waals surface area contributed by atoms with Gasteiger partial charge in [-0.1, -0.05) is 6.92 Å².